The minimum absolute atomic E-state index is 0.0398. The number of hydrogen-bond donors (Lipinski definition) is 1. The Kier molecular flexibility index (Phi) is 6.68. The Morgan fingerprint density at radius 3 is 2.59 bits per heavy atom. The molecule has 3 aromatic rings. The molecule has 2 aromatic carbocycles. The Hall–Kier alpha value is -2.62. The molecule has 1 aliphatic rings. The van der Waals surface area contributed by atoms with E-state index in [9.17, 15) is 17.6 Å². The Bertz CT molecular complexity index is 1200. The molecule has 1 N–H and O–H groups in total. The van der Waals surface area contributed by atoms with E-state index >= 15 is 0 Å². The summed E-state index contributed by atoms with van der Waals surface area (Å²) >= 11 is 1.35. The molecule has 1 saturated heterocycles. The van der Waals surface area contributed by atoms with Crippen molar-refractivity contribution in [2.24, 2.45) is 0 Å². The van der Waals surface area contributed by atoms with Crippen LogP contribution in [-0.4, -0.2) is 48.8 Å². The smallest absolute Gasteiger partial charge is 0.248 e. The monoisotopic (exact) mass is 473 g/mol. The highest BCUT2D eigenvalue weighted by molar-refractivity contribution is 7.91. The van der Waals surface area contributed by atoms with Crippen LogP contribution in [0, 0.1) is 12.7 Å². The zero-order valence-corrected chi connectivity index (χ0v) is 19.3. The zero-order valence-electron chi connectivity index (χ0n) is 17.6. The van der Waals surface area contributed by atoms with E-state index in [4.69, 9.17) is 0 Å². The first-order chi connectivity index (χ1) is 15.3. The minimum Gasteiger partial charge on any atom is -0.300 e. The van der Waals surface area contributed by atoms with E-state index in [1.165, 1.54) is 17.4 Å². The molecule has 1 aliphatic heterocycles. The summed E-state index contributed by atoms with van der Waals surface area (Å²) in [6.07, 6.45) is 2.21. The van der Waals surface area contributed by atoms with Crippen LogP contribution < -0.4 is 5.32 Å². The highest BCUT2D eigenvalue weighted by Gasteiger charge is 2.32. The number of anilines is 1. The molecule has 0 bridgehead atoms. The second kappa shape index (κ2) is 9.48. The molecule has 168 valence electrons. The van der Waals surface area contributed by atoms with Gasteiger partial charge in [-0.3, -0.25) is 9.69 Å². The number of halogens is 1. The van der Waals surface area contributed by atoms with Crippen LogP contribution in [0.2, 0.25) is 0 Å². The maximum Gasteiger partial charge on any atom is 0.248 e. The highest BCUT2D eigenvalue weighted by Crippen LogP contribution is 2.27. The Labute approximate surface area is 191 Å². The van der Waals surface area contributed by atoms with Crippen LogP contribution in [0.1, 0.15) is 27.6 Å². The molecule has 0 aliphatic carbocycles. The van der Waals surface area contributed by atoms with Gasteiger partial charge in [0.15, 0.2) is 15.0 Å². The number of aromatic nitrogens is 1. The van der Waals surface area contributed by atoms with Gasteiger partial charge in [-0.1, -0.05) is 42.5 Å². The molecule has 4 rings (SSSR count). The van der Waals surface area contributed by atoms with Crippen LogP contribution in [0.4, 0.5) is 9.52 Å². The molecule has 0 saturated carbocycles. The van der Waals surface area contributed by atoms with Crippen molar-refractivity contribution >= 4 is 32.2 Å². The number of thiazole rings is 1. The van der Waals surface area contributed by atoms with E-state index in [0.717, 1.165) is 16.0 Å². The fourth-order valence-corrected chi connectivity index (χ4v) is 5.80. The first kappa shape index (κ1) is 22.6. The molecule has 0 spiro atoms. The number of rotatable bonds is 6. The number of sulfone groups is 1. The number of hydrogen-bond acceptors (Lipinski definition) is 6. The lowest BCUT2D eigenvalue weighted by Crippen LogP contribution is -2.46. The van der Waals surface area contributed by atoms with Crippen LogP contribution in [0.5, 0.6) is 0 Å². The summed E-state index contributed by atoms with van der Waals surface area (Å²) in [6.45, 7) is 2.33. The number of nitrogens with one attached hydrogen (secondary N) is 1. The lowest BCUT2D eigenvalue weighted by molar-refractivity contribution is -0.121. The normalized spacial score (nSPS) is 17.1. The third kappa shape index (κ3) is 5.40. The zero-order chi connectivity index (χ0) is 22.7. The van der Waals surface area contributed by atoms with Crippen molar-refractivity contribution < 1.29 is 17.6 Å². The van der Waals surface area contributed by atoms with Gasteiger partial charge in [0.05, 0.1) is 11.5 Å². The minimum atomic E-state index is -3.06. The van der Waals surface area contributed by atoms with E-state index in [1.54, 1.807) is 19.2 Å². The lowest BCUT2D eigenvalue weighted by atomic mass is 10.0. The van der Waals surface area contributed by atoms with Crippen LogP contribution >= 0.6 is 11.3 Å². The summed E-state index contributed by atoms with van der Waals surface area (Å²) in [4.78, 5) is 20.4. The SMILES string of the molecule is Cc1ccc(Cc2cnc(NC(=O)C(c3ccccc3)N3CCS(=O)(=O)CC3)s2)cc1F. The number of amides is 1. The van der Waals surface area contributed by atoms with E-state index in [0.29, 0.717) is 30.2 Å². The highest BCUT2D eigenvalue weighted by atomic mass is 32.2. The molecule has 2 heterocycles. The molecular formula is C23H24FN3O3S2. The average molecular weight is 474 g/mol. The maximum absolute atomic E-state index is 13.8. The summed E-state index contributed by atoms with van der Waals surface area (Å²) in [5, 5.41) is 3.35. The van der Waals surface area contributed by atoms with Crippen molar-refractivity contribution in [3.05, 3.63) is 82.1 Å². The third-order valence-corrected chi connectivity index (χ3v) is 8.03. The number of benzene rings is 2. The number of carbonyl (C=O) groups is 1. The lowest BCUT2D eigenvalue weighted by Gasteiger charge is -2.33. The van der Waals surface area contributed by atoms with Crippen molar-refractivity contribution in [2.75, 3.05) is 29.9 Å². The van der Waals surface area contributed by atoms with Crippen LogP contribution in [0.15, 0.2) is 54.7 Å². The van der Waals surface area contributed by atoms with Gasteiger partial charge < -0.3 is 5.32 Å². The standard InChI is InChI=1S/C23H24FN3O3S2/c1-16-7-8-17(14-20(16)24)13-19-15-25-23(31-19)26-22(28)21(18-5-3-2-4-6-18)27-9-11-32(29,30)12-10-27/h2-8,14-15,21H,9-13H2,1H3,(H,25,26,28). The fraction of sp³-hybridized carbons (Fsp3) is 0.304. The van der Waals surface area contributed by atoms with Crippen molar-refractivity contribution in [2.45, 2.75) is 19.4 Å². The molecule has 1 amide bonds. The van der Waals surface area contributed by atoms with E-state index in [2.05, 4.69) is 10.3 Å². The fourth-order valence-electron chi connectivity index (χ4n) is 3.72. The van der Waals surface area contributed by atoms with Gasteiger partial charge >= 0.3 is 0 Å². The molecule has 1 atom stereocenters. The van der Waals surface area contributed by atoms with Gasteiger partial charge in [-0.25, -0.2) is 17.8 Å². The Morgan fingerprint density at radius 2 is 1.91 bits per heavy atom. The third-order valence-electron chi connectivity index (χ3n) is 5.51. The average Bonchev–Trinajstić information content (AvgIpc) is 3.19. The Morgan fingerprint density at radius 1 is 1.19 bits per heavy atom. The predicted molar refractivity (Wildman–Crippen MR) is 124 cm³/mol. The van der Waals surface area contributed by atoms with E-state index in [1.807, 2.05) is 41.3 Å². The largest absolute Gasteiger partial charge is 0.300 e. The summed E-state index contributed by atoms with van der Waals surface area (Å²) < 4.78 is 37.5. The van der Waals surface area contributed by atoms with Gasteiger partial charge in [0, 0.05) is 30.6 Å². The van der Waals surface area contributed by atoms with Gasteiger partial charge in [-0.05, 0) is 29.7 Å². The van der Waals surface area contributed by atoms with Crippen molar-refractivity contribution in [1.82, 2.24) is 9.88 Å². The second-order valence-corrected chi connectivity index (χ2v) is 11.3. The van der Waals surface area contributed by atoms with Gasteiger partial charge in [-0.2, -0.15) is 0 Å². The second-order valence-electron chi connectivity index (χ2n) is 7.88. The van der Waals surface area contributed by atoms with Gasteiger partial charge in [0.2, 0.25) is 5.91 Å². The summed E-state index contributed by atoms with van der Waals surface area (Å²) in [5.74, 6) is -0.413. The van der Waals surface area contributed by atoms with Crippen LogP contribution in [0.3, 0.4) is 0 Å². The molecule has 1 unspecified atom stereocenters. The number of aryl methyl sites for hydroxylation is 1. The van der Waals surface area contributed by atoms with Crippen molar-refractivity contribution in [1.29, 1.82) is 0 Å². The molecule has 1 aromatic heterocycles. The summed E-state index contributed by atoms with van der Waals surface area (Å²) in [6, 6.07) is 13.9. The summed E-state index contributed by atoms with van der Waals surface area (Å²) in [5.41, 5.74) is 2.24. The maximum atomic E-state index is 13.8. The Balaban J connectivity index is 1.49. The molecule has 0 radical (unpaired) electrons. The summed E-state index contributed by atoms with van der Waals surface area (Å²) in [7, 11) is -3.06. The molecular weight excluding hydrogens is 449 g/mol. The van der Waals surface area contributed by atoms with Gasteiger partial charge in [0.1, 0.15) is 11.9 Å². The molecule has 32 heavy (non-hydrogen) atoms. The number of carbonyl (C=O) groups excluding carboxylic acids is 1. The number of nitrogens with zero attached hydrogens (tertiary/aromatic N) is 2. The van der Waals surface area contributed by atoms with E-state index < -0.39 is 15.9 Å². The van der Waals surface area contributed by atoms with Crippen LogP contribution in [-0.2, 0) is 21.1 Å². The molecule has 6 nitrogen and oxygen atoms in total. The quantitative estimate of drug-likeness (QED) is 0.592. The van der Waals surface area contributed by atoms with E-state index in [-0.39, 0.29) is 23.2 Å². The first-order valence-electron chi connectivity index (χ1n) is 10.3. The van der Waals surface area contributed by atoms with Crippen molar-refractivity contribution in [3.8, 4) is 0 Å². The molecule has 9 heteroatoms. The van der Waals surface area contributed by atoms with Gasteiger partial charge in [0.25, 0.3) is 0 Å². The van der Waals surface area contributed by atoms with Gasteiger partial charge in [-0.15, -0.1) is 11.3 Å². The van der Waals surface area contributed by atoms with Crippen LogP contribution in [0.25, 0.3) is 0 Å². The topological polar surface area (TPSA) is 79.4 Å². The predicted octanol–water partition coefficient (Wildman–Crippen LogP) is 3.59. The molecule has 1 fully saturated rings. The first-order valence-corrected chi connectivity index (χ1v) is 12.9. The van der Waals surface area contributed by atoms with Crippen molar-refractivity contribution in [3.63, 3.8) is 0 Å².